The number of fused-ring (bicyclic) bond motifs is 2. The van der Waals surface area contributed by atoms with Gasteiger partial charge in [-0.1, -0.05) is 0 Å². The first-order valence-electron chi connectivity index (χ1n) is 12.1. The van der Waals surface area contributed by atoms with E-state index in [1.165, 1.54) is 6.07 Å². The molecule has 1 saturated heterocycles. The van der Waals surface area contributed by atoms with E-state index < -0.39 is 11.6 Å². The molecule has 0 radical (unpaired) electrons. The van der Waals surface area contributed by atoms with Crippen molar-refractivity contribution in [2.24, 2.45) is 0 Å². The summed E-state index contributed by atoms with van der Waals surface area (Å²) in [5.41, 5.74) is 3.07. The second kappa shape index (κ2) is 8.63. The highest BCUT2D eigenvalue weighted by Gasteiger charge is 2.20. The Morgan fingerprint density at radius 3 is 2.69 bits per heavy atom. The summed E-state index contributed by atoms with van der Waals surface area (Å²) in [7, 11) is 0. The predicted octanol–water partition coefficient (Wildman–Crippen LogP) is 5.29. The Hall–Kier alpha value is -3.92. The summed E-state index contributed by atoms with van der Waals surface area (Å²) in [6.45, 7) is 7.77. The number of nitrogens with one attached hydrogen (secondary N) is 2. The van der Waals surface area contributed by atoms with Crippen LogP contribution in [0.1, 0.15) is 38.2 Å². The van der Waals surface area contributed by atoms with Crippen molar-refractivity contribution in [1.29, 1.82) is 0 Å². The van der Waals surface area contributed by atoms with Gasteiger partial charge in [-0.15, -0.1) is 0 Å². The maximum Gasteiger partial charge on any atom is 0.229 e. The predicted molar refractivity (Wildman–Crippen MR) is 135 cm³/mol. The Morgan fingerprint density at radius 2 is 1.92 bits per heavy atom. The standard InChI is InChI=1S/C26H26F2N8/c1-14(2)36-15(3)31-25-18(27)10-16(11-22(25)36)24-19(28)13-30-26(34-24)33-23-5-4-21-20(32-23)7-9-35(21)17-6-8-29-12-17/h4-5,7,9-11,13-14,17,29H,6,8,12H2,1-3H3,(H,30,32,33,34). The zero-order chi connectivity index (χ0) is 25.0. The fraction of sp³-hybridized carbons (Fsp3) is 0.308. The highest BCUT2D eigenvalue weighted by atomic mass is 19.1. The molecule has 0 spiro atoms. The van der Waals surface area contributed by atoms with Crippen LogP contribution in [0.15, 0.2) is 42.7 Å². The number of anilines is 2. The molecular weight excluding hydrogens is 462 g/mol. The minimum absolute atomic E-state index is 0.00317. The van der Waals surface area contributed by atoms with Gasteiger partial charge in [0.1, 0.15) is 22.9 Å². The molecule has 8 nitrogen and oxygen atoms in total. The van der Waals surface area contributed by atoms with Gasteiger partial charge in [0.05, 0.1) is 22.7 Å². The smallest absolute Gasteiger partial charge is 0.229 e. The van der Waals surface area contributed by atoms with Crippen molar-refractivity contribution in [3.8, 4) is 11.3 Å². The average Bonchev–Trinajstić information content (AvgIpc) is 3.58. The minimum atomic E-state index is -0.641. The van der Waals surface area contributed by atoms with Gasteiger partial charge in [0.2, 0.25) is 5.95 Å². The first-order chi connectivity index (χ1) is 17.4. The summed E-state index contributed by atoms with van der Waals surface area (Å²) in [5.74, 6) is 0.245. The van der Waals surface area contributed by atoms with E-state index in [1.807, 2.05) is 43.5 Å². The number of halogens is 2. The maximum atomic E-state index is 15.0. The van der Waals surface area contributed by atoms with Crippen molar-refractivity contribution in [3.05, 3.63) is 60.2 Å². The Balaban J connectivity index is 1.35. The molecule has 1 atom stereocenters. The van der Waals surface area contributed by atoms with E-state index in [0.29, 0.717) is 28.8 Å². The van der Waals surface area contributed by atoms with E-state index >= 15 is 0 Å². The van der Waals surface area contributed by atoms with Gasteiger partial charge >= 0.3 is 0 Å². The van der Waals surface area contributed by atoms with Crippen LogP contribution < -0.4 is 10.6 Å². The molecule has 184 valence electrons. The second-order valence-corrected chi connectivity index (χ2v) is 9.43. The van der Waals surface area contributed by atoms with Crippen molar-refractivity contribution >= 4 is 33.8 Å². The molecule has 1 aliphatic rings. The first kappa shape index (κ1) is 22.5. The molecule has 5 heterocycles. The minimum Gasteiger partial charge on any atom is -0.342 e. The van der Waals surface area contributed by atoms with Gasteiger partial charge in [0.15, 0.2) is 11.6 Å². The van der Waals surface area contributed by atoms with Crippen molar-refractivity contribution in [3.63, 3.8) is 0 Å². The van der Waals surface area contributed by atoms with Gasteiger partial charge in [0, 0.05) is 30.4 Å². The summed E-state index contributed by atoms with van der Waals surface area (Å²) in [6, 6.07) is 9.30. The summed E-state index contributed by atoms with van der Waals surface area (Å²) < 4.78 is 34.0. The number of imidazole rings is 1. The van der Waals surface area contributed by atoms with E-state index in [4.69, 9.17) is 0 Å². The third kappa shape index (κ3) is 3.78. The number of rotatable bonds is 5. The molecule has 0 aliphatic carbocycles. The van der Waals surface area contributed by atoms with E-state index in [1.54, 1.807) is 6.07 Å². The molecule has 2 N–H and O–H groups in total. The Bertz CT molecular complexity index is 1600. The van der Waals surface area contributed by atoms with Crippen LogP contribution in [0.2, 0.25) is 0 Å². The van der Waals surface area contributed by atoms with Crippen molar-refractivity contribution < 1.29 is 8.78 Å². The van der Waals surface area contributed by atoms with E-state index in [2.05, 4.69) is 41.3 Å². The lowest BCUT2D eigenvalue weighted by atomic mass is 10.1. The largest absolute Gasteiger partial charge is 0.342 e. The van der Waals surface area contributed by atoms with Crippen LogP contribution >= 0.6 is 0 Å². The topological polar surface area (TPSA) is 85.5 Å². The highest BCUT2D eigenvalue weighted by molar-refractivity contribution is 5.83. The van der Waals surface area contributed by atoms with Crippen LogP contribution in [0.25, 0.3) is 33.3 Å². The van der Waals surface area contributed by atoms with Gasteiger partial charge in [-0.05, 0) is 64.1 Å². The van der Waals surface area contributed by atoms with Gasteiger partial charge in [-0.2, -0.15) is 0 Å². The summed E-state index contributed by atoms with van der Waals surface area (Å²) in [6.07, 6.45) is 4.22. The van der Waals surface area contributed by atoms with Crippen LogP contribution in [0.5, 0.6) is 0 Å². The van der Waals surface area contributed by atoms with Crippen LogP contribution in [-0.2, 0) is 0 Å². The molecule has 0 saturated carbocycles. The number of hydrogen-bond acceptors (Lipinski definition) is 6. The lowest BCUT2D eigenvalue weighted by Gasteiger charge is -2.13. The van der Waals surface area contributed by atoms with Gasteiger partial charge in [-0.25, -0.2) is 28.7 Å². The fourth-order valence-electron chi connectivity index (χ4n) is 5.11. The number of pyridine rings is 1. The first-order valence-corrected chi connectivity index (χ1v) is 12.1. The number of aromatic nitrogens is 6. The third-order valence-electron chi connectivity index (χ3n) is 6.70. The highest BCUT2D eigenvalue weighted by Crippen LogP contribution is 2.31. The molecule has 1 aliphatic heterocycles. The van der Waals surface area contributed by atoms with Crippen molar-refractivity contribution in [2.45, 2.75) is 39.3 Å². The van der Waals surface area contributed by atoms with Gasteiger partial charge < -0.3 is 19.8 Å². The summed E-state index contributed by atoms with van der Waals surface area (Å²) in [4.78, 5) is 17.5. The van der Waals surface area contributed by atoms with Crippen LogP contribution in [0, 0.1) is 18.6 Å². The third-order valence-corrected chi connectivity index (χ3v) is 6.70. The number of aryl methyl sites for hydroxylation is 1. The molecule has 5 aromatic rings. The number of benzene rings is 1. The fourth-order valence-corrected chi connectivity index (χ4v) is 5.11. The molecule has 6 rings (SSSR count). The van der Waals surface area contributed by atoms with E-state index in [-0.39, 0.29) is 23.2 Å². The molecule has 36 heavy (non-hydrogen) atoms. The number of hydrogen-bond donors (Lipinski definition) is 2. The summed E-state index contributed by atoms with van der Waals surface area (Å²) >= 11 is 0. The SMILES string of the molecule is Cc1nc2c(F)cc(-c3nc(Nc4ccc5c(ccn5C5CCNC5)n4)ncc3F)cc2n1C(C)C. The lowest BCUT2D eigenvalue weighted by Crippen LogP contribution is -2.12. The molecule has 0 amide bonds. The molecule has 10 heteroatoms. The Kier molecular flexibility index (Phi) is 5.40. The Morgan fingerprint density at radius 1 is 1.06 bits per heavy atom. The Labute approximate surface area is 206 Å². The molecule has 0 bridgehead atoms. The van der Waals surface area contributed by atoms with E-state index in [0.717, 1.165) is 36.7 Å². The average molecular weight is 489 g/mol. The second-order valence-electron chi connectivity index (χ2n) is 9.43. The van der Waals surface area contributed by atoms with Crippen LogP contribution in [0.4, 0.5) is 20.5 Å². The van der Waals surface area contributed by atoms with Crippen molar-refractivity contribution in [2.75, 3.05) is 18.4 Å². The normalized spacial score (nSPS) is 16.0. The van der Waals surface area contributed by atoms with Gasteiger partial charge in [-0.3, -0.25) is 0 Å². The lowest BCUT2D eigenvalue weighted by molar-refractivity contribution is 0.565. The maximum absolute atomic E-state index is 15.0. The zero-order valence-corrected chi connectivity index (χ0v) is 20.3. The molecule has 1 aromatic carbocycles. The van der Waals surface area contributed by atoms with Crippen molar-refractivity contribution in [1.82, 2.24) is 34.4 Å². The molecule has 4 aromatic heterocycles. The van der Waals surface area contributed by atoms with Gasteiger partial charge in [0.25, 0.3) is 0 Å². The quantitative estimate of drug-likeness (QED) is 0.350. The number of nitrogens with zero attached hydrogens (tertiary/aromatic N) is 6. The zero-order valence-electron chi connectivity index (χ0n) is 20.3. The van der Waals surface area contributed by atoms with Crippen LogP contribution in [-0.4, -0.2) is 42.2 Å². The van der Waals surface area contributed by atoms with E-state index in [9.17, 15) is 8.78 Å². The van der Waals surface area contributed by atoms with Crippen LogP contribution in [0.3, 0.4) is 0 Å². The summed E-state index contributed by atoms with van der Waals surface area (Å²) in [5, 5.41) is 6.45. The molecular formula is C26H26F2N8. The molecule has 1 fully saturated rings. The monoisotopic (exact) mass is 488 g/mol. The molecule has 1 unspecified atom stereocenters.